The molecule has 0 aromatic heterocycles. The lowest BCUT2D eigenvalue weighted by Crippen LogP contribution is -2.28. The Balaban J connectivity index is 1.92. The third-order valence-corrected chi connectivity index (χ3v) is 4.01. The molecule has 0 amide bonds. The van der Waals surface area contributed by atoms with Crippen LogP contribution < -0.4 is 5.32 Å². The molecule has 0 radical (unpaired) electrons. The van der Waals surface area contributed by atoms with Gasteiger partial charge < -0.3 is 5.32 Å². The van der Waals surface area contributed by atoms with Crippen molar-refractivity contribution in [1.82, 2.24) is 5.32 Å². The summed E-state index contributed by atoms with van der Waals surface area (Å²) in [4.78, 5) is 0. The molecule has 0 aromatic carbocycles. The quantitative estimate of drug-likeness (QED) is 0.599. The molecular formula is C15H31N. The fourth-order valence-corrected chi connectivity index (χ4v) is 2.81. The largest absolute Gasteiger partial charge is 0.314 e. The van der Waals surface area contributed by atoms with Gasteiger partial charge >= 0.3 is 0 Å². The van der Waals surface area contributed by atoms with Crippen LogP contribution in [0.1, 0.15) is 78.1 Å². The van der Waals surface area contributed by atoms with Crippen LogP contribution in [0.2, 0.25) is 0 Å². The van der Waals surface area contributed by atoms with E-state index in [1.807, 2.05) is 0 Å². The summed E-state index contributed by atoms with van der Waals surface area (Å²) >= 11 is 0. The topological polar surface area (TPSA) is 12.0 Å². The van der Waals surface area contributed by atoms with Crippen LogP contribution in [0.3, 0.4) is 0 Å². The molecule has 0 aromatic rings. The first-order valence-corrected chi connectivity index (χ1v) is 7.56. The summed E-state index contributed by atoms with van der Waals surface area (Å²) in [6.45, 7) is 5.87. The third-order valence-electron chi connectivity index (χ3n) is 4.01. The van der Waals surface area contributed by atoms with E-state index in [0.29, 0.717) is 0 Å². The zero-order valence-corrected chi connectivity index (χ0v) is 11.4. The Kier molecular flexibility index (Phi) is 7.92. The highest BCUT2D eigenvalue weighted by Crippen LogP contribution is 2.25. The fraction of sp³-hybridized carbons (Fsp3) is 1.00. The minimum absolute atomic E-state index is 0.732. The van der Waals surface area contributed by atoms with Gasteiger partial charge in [-0.25, -0.2) is 0 Å². The number of nitrogens with one attached hydrogen (secondary N) is 1. The summed E-state index contributed by atoms with van der Waals surface area (Å²) in [6.07, 6.45) is 14.3. The molecule has 0 heterocycles. The van der Waals surface area contributed by atoms with E-state index in [4.69, 9.17) is 0 Å². The average molecular weight is 225 g/mol. The van der Waals surface area contributed by atoms with Crippen molar-refractivity contribution in [1.29, 1.82) is 0 Å². The Hall–Kier alpha value is -0.0400. The number of hydrogen-bond donors (Lipinski definition) is 1. The summed E-state index contributed by atoms with van der Waals surface area (Å²) in [5.74, 6) is 1.03. The molecule has 0 aliphatic heterocycles. The molecule has 1 aliphatic carbocycles. The molecule has 1 rings (SSSR count). The molecule has 0 spiro atoms. The van der Waals surface area contributed by atoms with Gasteiger partial charge in [-0.05, 0) is 32.2 Å². The van der Waals surface area contributed by atoms with Gasteiger partial charge in [-0.1, -0.05) is 58.3 Å². The van der Waals surface area contributed by atoms with Crippen molar-refractivity contribution in [3.05, 3.63) is 0 Å². The van der Waals surface area contributed by atoms with Crippen LogP contribution in [-0.2, 0) is 0 Å². The van der Waals surface area contributed by atoms with Gasteiger partial charge in [-0.3, -0.25) is 0 Å². The standard InChI is InChI=1S/C15H31N/c1-3-4-6-9-14(2)16-13-12-15-10-7-5-8-11-15/h14-16H,3-13H2,1-2H3. The fourth-order valence-electron chi connectivity index (χ4n) is 2.81. The molecule has 0 saturated heterocycles. The molecule has 0 bridgehead atoms. The minimum Gasteiger partial charge on any atom is -0.314 e. The van der Waals surface area contributed by atoms with Gasteiger partial charge in [0.2, 0.25) is 0 Å². The minimum atomic E-state index is 0.732. The molecule has 1 saturated carbocycles. The van der Waals surface area contributed by atoms with Gasteiger partial charge in [-0.2, -0.15) is 0 Å². The van der Waals surface area contributed by atoms with Crippen molar-refractivity contribution in [2.75, 3.05) is 6.54 Å². The van der Waals surface area contributed by atoms with Crippen molar-refractivity contribution >= 4 is 0 Å². The second kappa shape index (κ2) is 9.04. The highest BCUT2D eigenvalue weighted by Gasteiger charge is 2.12. The van der Waals surface area contributed by atoms with Crippen LogP contribution in [0, 0.1) is 5.92 Å². The predicted molar refractivity (Wildman–Crippen MR) is 72.8 cm³/mol. The smallest absolute Gasteiger partial charge is 0.00387 e. The average Bonchev–Trinajstić information content (AvgIpc) is 2.31. The molecule has 1 atom stereocenters. The van der Waals surface area contributed by atoms with Crippen LogP contribution in [0.4, 0.5) is 0 Å². The second-order valence-electron chi connectivity index (χ2n) is 5.64. The van der Waals surface area contributed by atoms with E-state index < -0.39 is 0 Å². The van der Waals surface area contributed by atoms with E-state index in [1.165, 1.54) is 70.8 Å². The molecule has 1 fully saturated rings. The van der Waals surface area contributed by atoms with E-state index in [1.54, 1.807) is 0 Å². The molecule has 1 unspecified atom stereocenters. The lowest BCUT2D eigenvalue weighted by molar-refractivity contribution is 0.326. The van der Waals surface area contributed by atoms with E-state index in [-0.39, 0.29) is 0 Å². The van der Waals surface area contributed by atoms with Crippen LogP contribution in [0.5, 0.6) is 0 Å². The number of hydrogen-bond acceptors (Lipinski definition) is 1. The highest BCUT2D eigenvalue weighted by atomic mass is 14.9. The van der Waals surface area contributed by atoms with Crippen molar-refractivity contribution in [2.45, 2.75) is 84.1 Å². The molecular weight excluding hydrogens is 194 g/mol. The Morgan fingerprint density at radius 2 is 1.88 bits per heavy atom. The van der Waals surface area contributed by atoms with Crippen molar-refractivity contribution in [2.24, 2.45) is 5.92 Å². The van der Waals surface area contributed by atoms with Crippen LogP contribution in [0.25, 0.3) is 0 Å². The van der Waals surface area contributed by atoms with E-state index >= 15 is 0 Å². The lowest BCUT2D eigenvalue weighted by Gasteiger charge is -2.22. The molecule has 1 aliphatic rings. The summed E-state index contributed by atoms with van der Waals surface area (Å²) < 4.78 is 0. The summed E-state index contributed by atoms with van der Waals surface area (Å²) in [5, 5.41) is 3.69. The van der Waals surface area contributed by atoms with Gasteiger partial charge in [0.1, 0.15) is 0 Å². The van der Waals surface area contributed by atoms with Gasteiger partial charge in [0, 0.05) is 6.04 Å². The summed E-state index contributed by atoms with van der Waals surface area (Å²) in [6, 6.07) is 0.732. The SMILES string of the molecule is CCCCCC(C)NCCC1CCCCC1. The molecule has 1 heteroatoms. The third kappa shape index (κ3) is 6.52. The van der Waals surface area contributed by atoms with Crippen LogP contribution in [-0.4, -0.2) is 12.6 Å². The van der Waals surface area contributed by atoms with Crippen molar-refractivity contribution < 1.29 is 0 Å². The monoisotopic (exact) mass is 225 g/mol. The Morgan fingerprint density at radius 1 is 1.12 bits per heavy atom. The van der Waals surface area contributed by atoms with E-state index in [9.17, 15) is 0 Å². The number of rotatable bonds is 8. The predicted octanol–water partition coefficient (Wildman–Crippen LogP) is 4.52. The van der Waals surface area contributed by atoms with Gasteiger partial charge in [0.25, 0.3) is 0 Å². The normalized spacial score (nSPS) is 19.9. The zero-order chi connectivity index (χ0) is 11.6. The molecule has 96 valence electrons. The van der Waals surface area contributed by atoms with Crippen LogP contribution >= 0.6 is 0 Å². The lowest BCUT2D eigenvalue weighted by atomic mass is 9.87. The van der Waals surface area contributed by atoms with Crippen molar-refractivity contribution in [3.8, 4) is 0 Å². The highest BCUT2D eigenvalue weighted by molar-refractivity contribution is 4.68. The first-order chi connectivity index (χ1) is 7.83. The second-order valence-corrected chi connectivity index (χ2v) is 5.64. The molecule has 16 heavy (non-hydrogen) atoms. The summed E-state index contributed by atoms with van der Waals surface area (Å²) in [5.41, 5.74) is 0. The Labute approximate surface area is 102 Å². The van der Waals surface area contributed by atoms with Gasteiger partial charge in [-0.15, -0.1) is 0 Å². The maximum Gasteiger partial charge on any atom is 0.00387 e. The maximum atomic E-state index is 3.69. The Bertz CT molecular complexity index is 150. The first kappa shape index (κ1) is 14.0. The Morgan fingerprint density at radius 3 is 2.56 bits per heavy atom. The zero-order valence-electron chi connectivity index (χ0n) is 11.4. The number of unbranched alkanes of at least 4 members (excludes halogenated alkanes) is 2. The molecule has 1 nitrogen and oxygen atoms in total. The van der Waals surface area contributed by atoms with E-state index in [0.717, 1.165) is 12.0 Å². The van der Waals surface area contributed by atoms with E-state index in [2.05, 4.69) is 19.2 Å². The van der Waals surface area contributed by atoms with Crippen molar-refractivity contribution in [3.63, 3.8) is 0 Å². The first-order valence-electron chi connectivity index (χ1n) is 7.56. The summed E-state index contributed by atoms with van der Waals surface area (Å²) in [7, 11) is 0. The maximum absolute atomic E-state index is 3.69. The van der Waals surface area contributed by atoms with Crippen LogP contribution in [0.15, 0.2) is 0 Å². The van der Waals surface area contributed by atoms with Gasteiger partial charge in [0.15, 0.2) is 0 Å². The van der Waals surface area contributed by atoms with Gasteiger partial charge in [0.05, 0.1) is 0 Å². The molecule has 1 N–H and O–H groups in total.